The Balaban J connectivity index is 1.60. The van der Waals surface area contributed by atoms with Crippen LogP contribution < -0.4 is 10.6 Å². The van der Waals surface area contributed by atoms with Gasteiger partial charge in [-0.3, -0.25) is 4.79 Å². The highest BCUT2D eigenvalue weighted by Gasteiger charge is 2.14. The normalized spacial score (nSPS) is 18.5. The fourth-order valence-electron chi connectivity index (χ4n) is 2.02. The van der Waals surface area contributed by atoms with E-state index in [0.717, 1.165) is 25.0 Å². The molecule has 1 aromatic rings. The molecule has 1 fully saturated rings. The van der Waals surface area contributed by atoms with Gasteiger partial charge in [0.15, 0.2) is 0 Å². The molecule has 1 unspecified atom stereocenters. The summed E-state index contributed by atoms with van der Waals surface area (Å²) in [5, 5.41) is 5.85. The van der Waals surface area contributed by atoms with Crippen molar-refractivity contribution in [1.29, 1.82) is 0 Å². The molecular formula is C14H19FN2O2. The summed E-state index contributed by atoms with van der Waals surface area (Å²) in [6.45, 7) is 2.23. The minimum atomic E-state index is -0.270. The molecule has 0 aliphatic carbocycles. The minimum Gasteiger partial charge on any atom is -0.377 e. The Morgan fingerprint density at radius 2 is 2.16 bits per heavy atom. The predicted molar refractivity (Wildman–Crippen MR) is 70.1 cm³/mol. The molecular weight excluding hydrogens is 247 g/mol. The molecule has 0 spiro atoms. The van der Waals surface area contributed by atoms with Crippen molar-refractivity contribution in [2.45, 2.75) is 25.5 Å². The van der Waals surface area contributed by atoms with E-state index < -0.39 is 0 Å². The molecule has 1 aromatic carbocycles. The van der Waals surface area contributed by atoms with Crippen molar-refractivity contribution in [3.63, 3.8) is 0 Å². The first-order chi connectivity index (χ1) is 9.24. The summed E-state index contributed by atoms with van der Waals surface area (Å²) in [4.78, 5) is 11.6. The summed E-state index contributed by atoms with van der Waals surface area (Å²) in [5.74, 6) is -0.337. The van der Waals surface area contributed by atoms with E-state index in [1.165, 1.54) is 12.1 Å². The van der Waals surface area contributed by atoms with E-state index in [1.54, 1.807) is 12.1 Å². The number of hydrogen-bond acceptors (Lipinski definition) is 3. The second kappa shape index (κ2) is 7.21. The van der Waals surface area contributed by atoms with Crippen LogP contribution in [-0.4, -0.2) is 31.7 Å². The average Bonchev–Trinajstić information content (AvgIpc) is 2.91. The van der Waals surface area contributed by atoms with E-state index in [-0.39, 0.29) is 24.4 Å². The van der Waals surface area contributed by atoms with Gasteiger partial charge in [-0.05, 0) is 30.5 Å². The largest absolute Gasteiger partial charge is 0.377 e. The maximum Gasteiger partial charge on any atom is 0.234 e. The van der Waals surface area contributed by atoms with Crippen LogP contribution in [0.4, 0.5) is 4.39 Å². The number of halogens is 1. The van der Waals surface area contributed by atoms with E-state index in [1.807, 2.05) is 0 Å². The first-order valence-corrected chi connectivity index (χ1v) is 6.57. The van der Waals surface area contributed by atoms with Crippen LogP contribution in [0, 0.1) is 5.82 Å². The Morgan fingerprint density at radius 3 is 2.84 bits per heavy atom. The molecule has 1 amide bonds. The van der Waals surface area contributed by atoms with Crippen LogP contribution >= 0.6 is 0 Å². The van der Waals surface area contributed by atoms with E-state index >= 15 is 0 Å². The van der Waals surface area contributed by atoms with Gasteiger partial charge >= 0.3 is 0 Å². The van der Waals surface area contributed by atoms with Gasteiger partial charge in [0.25, 0.3) is 0 Å². The molecule has 0 saturated carbocycles. The van der Waals surface area contributed by atoms with Crippen molar-refractivity contribution >= 4 is 5.91 Å². The van der Waals surface area contributed by atoms with Crippen LogP contribution in [0.1, 0.15) is 18.4 Å². The average molecular weight is 266 g/mol. The highest BCUT2D eigenvalue weighted by Crippen LogP contribution is 2.10. The highest BCUT2D eigenvalue weighted by atomic mass is 19.1. The first-order valence-electron chi connectivity index (χ1n) is 6.57. The van der Waals surface area contributed by atoms with Crippen LogP contribution in [0.15, 0.2) is 24.3 Å². The molecule has 0 radical (unpaired) electrons. The Morgan fingerprint density at radius 1 is 1.37 bits per heavy atom. The van der Waals surface area contributed by atoms with E-state index in [0.29, 0.717) is 13.1 Å². The number of benzene rings is 1. The molecule has 1 atom stereocenters. The summed E-state index contributed by atoms with van der Waals surface area (Å²) >= 11 is 0. The topological polar surface area (TPSA) is 50.4 Å². The maximum absolute atomic E-state index is 12.7. The van der Waals surface area contributed by atoms with Gasteiger partial charge in [-0.1, -0.05) is 12.1 Å². The summed E-state index contributed by atoms with van der Waals surface area (Å²) in [7, 11) is 0. The molecule has 1 aliphatic rings. The lowest BCUT2D eigenvalue weighted by Crippen LogP contribution is -2.36. The smallest absolute Gasteiger partial charge is 0.234 e. The second-order valence-electron chi connectivity index (χ2n) is 4.67. The monoisotopic (exact) mass is 266 g/mol. The van der Waals surface area contributed by atoms with Crippen LogP contribution in [-0.2, 0) is 16.1 Å². The van der Waals surface area contributed by atoms with Crippen LogP contribution in [0.2, 0.25) is 0 Å². The second-order valence-corrected chi connectivity index (χ2v) is 4.67. The fourth-order valence-corrected chi connectivity index (χ4v) is 2.02. The summed E-state index contributed by atoms with van der Waals surface area (Å²) in [6.07, 6.45) is 2.40. The van der Waals surface area contributed by atoms with Gasteiger partial charge < -0.3 is 15.4 Å². The van der Waals surface area contributed by atoms with Crippen molar-refractivity contribution in [2.24, 2.45) is 0 Å². The molecule has 104 valence electrons. The third-order valence-corrected chi connectivity index (χ3v) is 3.08. The number of carbonyl (C=O) groups excluding carboxylic acids is 1. The van der Waals surface area contributed by atoms with Crippen molar-refractivity contribution < 1.29 is 13.9 Å². The van der Waals surface area contributed by atoms with Gasteiger partial charge in [-0.2, -0.15) is 0 Å². The van der Waals surface area contributed by atoms with E-state index in [2.05, 4.69) is 10.6 Å². The molecule has 0 aromatic heterocycles. The Kier molecular flexibility index (Phi) is 5.30. The van der Waals surface area contributed by atoms with Gasteiger partial charge in [-0.15, -0.1) is 0 Å². The molecule has 0 bridgehead atoms. The predicted octanol–water partition coefficient (Wildman–Crippen LogP) is 1.21. The zero-order chi connectivity index (χ0) is 13.5. The number of ether oxygens (including phenoxy) is 1. The van der Waals surface area contributed by atoms with Crippen molar-refractivity contribution in [2.75, 3.05) is 19.7 Å². The zero-order valence-corrected chi connectivity index (χ0v) is 10.8. The maximum atomic E-state index is 12.7. The van der Waals surface area contributed by atoms with Gasteiger partial charge in [0.1, 0.15) is 5.82 Å². The van der Waals surface area contributed by atoms with Gasteiger partial charge in [0, 0.05) is 19.7 Å². The molecule has 5 heteroatoms. The van der Waals surface area contributed by atoms with Crippen molar-refractivity contribution in [1.82, 2.24) is 10.6 Å². The molecule has 2 N–H and O–H groups in total. The van der Waals surface area contributed by atoms with Crippen LogP contribution in [0.5, 0.6) is 0 Å². The van der Waals surface area contributed by atoms with Gasteiger partial charge in [0.05, 0.1) is 12.6 Å². The van der Waals surface area contributed by atoms with E-state index in [9.17, 15) is 9.18 Å². The SMILES string of the molecule is O=C(CNCC1CCCO1)NCc1ccc(F)cc1. The lowest BCUT2D eigenvalue weighted by atomic mass is 10.2. The van der Waals surface area contributed by atoms with Gasteiger partial charge in [-0.25, -0.2) is 4.39 Å². The quantitative estimate of drug-likeness (QED) is 0.813. The van der Waals surface area contributed by atoms with Crippen molar-refractivity contribution in [3.05, 3.63) is 35.6 Å². The minimum absolute atomic E-state index is 0.0673. The Labute approximate surface area is 112 Å². The van der Waals surface area contributed by atoms with Crippen LogP contribution in [0.25, 0.3) is 0 Å². The summed E-state index contributed by atoms with van der Waals surface area (Å²) in [6, 6.07) is 6.10. The number of rotatable bonds is 6. The number of amides is 1. The first kappa shape index (κ1) is 14.0. The number of nitrogens with one attached hydrogen (secondary N) is 2. The lowest BCUT2D eigenvalue weighted by Gasteiger charge is -2.10. The molecule has 19 heavy (non-hydrogen) atoms. The summed E-state index contributed by atoms with van der Waals surface area (Å²) in [5.41, 5.74) is 0.883. The molecule has 4 nitrogen and oxygen atoms in total. The third-order valence-electron chi connectivity index (χ3n) is 3.08. The van der Waals surface area contributed by atoms with Gasteiger partial charge in [0.2, 0.25) is 5.91 Å². The molecule has 2 rings (SSSR count). The van der Waals surface area contributed by atoms with E-state index in [4.69, 9.17) is 4.74 Å². The Hall–Kier alpha value is -1.46. The standard InChI is InChI=1S/C14H19FN2O2/c15-12-5-3-11(4-6-12)8-17-14(18)10-16-9-13-2-1-7-19-13/h3-6,13,16H,1-2,7-10H2,(H,17,18). The summed E-state index contributed by atoms with van der Waals surface area (Å²) < 4.78 is 18.1. The number of carbonyl (C=O) groups is 1. The highest BCUT2D eigenvalue weighted by molar-refractivity contribution is 5.77. The van der Waals surface area contributed by atoms with Crippen molar-refractivity contribution in [3.8, 4) is 0 Å². The molecule has 1 heterocycles. The Bertz CT molecular complexity index is 402. The third kappa shape index (κ3) is 4.96. The number of hydrogen-bond donors (Lipinski definition) is 2. The zero-order valence-electron chi connectivity index (χ0n) is 10.8. The molecule has 1 aliphatic heterocycles. The lowest BCUT2D eigenvalue weighted by molar-refractivity contribution is -0.120. The molecule has 1 saturated heterocycles. The van der Waals surface area contributed by atoms with Crippen LogP contribution in [0.3, 0.4) is 0 Å². The fraction of sp³-hybridized carbons (Fsp3) is 0.500.